The van der Waals surface area contributed by atoms with Crippen molar-refractivity contribution in [3.63, 3.8) is 0 Å². The number of aromatic nitrogens is 2. The molecule has 5 nitrogen and oxygen atoms in total. The third-order valence-corrected chi connectivity index (χ3v) is 6.20. The Labute approximate surface area is 172 Å². The van der Waals surface area contributed by atoms with Crippen molar-refractivity contribution in [1.82, 2.24) is 14.5 Å². The Bertz CT molecular complexity index is 1100. The smallest absolute Gasteiger partial charge is 0.266 e. The molecule has 1 aliphatic rings. The molecule has 1 aliphatic heterocycles. The second-order valence-electron chi connectivity index (χ2n) is 7.25. The number of amides is 1. The summed E-state index contributed by atoms with van der Waals surface area (Å²) >= 11 is 1.25. The number of thioether (sulfide) groups is 1. The number of hydrogen-bond donors (Lipinski definition) is 0. The lowest BCUT2D eigenvalue weighted by atomic mass is 10.0. The van der Waals surface area contributed by atoms with Gasteiger partial charge in [0.25, 0.3) is 5.56 Å². The van der Waals surface area contributed by atoms with E-state index in [0.717, 1.165) is 25.8 Å². The van der Waals surface area contributed by atoms with Gasteiger partial charge in [0.15, 0.2) is 5.16 Å². The summed E-state index contributed by atoms with van der Waals surface area (Å²) in [6, 6.07) is 13.1. The standard InChI is InChI=1S/C22H22FN3O2S/c1-15-6-4-5-13-25(15)20(27)14-29-22-24-19-8-3-2-7-18(19)21(28)26(22)17-11-9-16(23)10-12-17/h2-3,7-12,15H,4-6,13-14H2,1H3. The summed E-state index contributed by atoms with van der Waals surface area (Å²) in [6.45, 7) is 2.85. The van der Waals surface area contributed by atoms with Gasteiger partial charge in [-0.1, -0.05) is 23.9 Å². The van der Waals surface area contributed by atoms with Crippen LogP contribution in [-0.4, -0.2) is 38.7 Å². The third-order valence-electron chi connectivity index (χ3n) is 5.28. The highest BCUT2D eigenvalue weighted by Gasteiger charge is 2.24. The Morgan fingerprint density at radius 2 is 1.93 bits per heavy atom. The number of carbonyl (C=O) groups excluding carboxylic acids is 1. The largest absolute Gasteiger partial charge is 0.339 e. The fourth-order valence-electron chi connectivity index (χ4n) is 3.70. The van der Waals surface area contributed by atoms with Gasteiger partial charge in [-0.15, -0.1) is 0 Å². The molecule has 0 saturated carbocycles. The lowest BCUT2D eigenvalue weighted by Gasteiger charge is -2.33. The fourth-order valence-corrected chi connectivity index (χ4v) is 4.60. The molecule has 0 radical (unpaired) electrons. The van der Waals surface area contributed by atoms with Crippen LogP contribution in [0.2, 0.25) is 0 Å². The first-order valence-electron chi connectivity index (χ1n) is 9.74. The van der Waals surface area contributed by atoms with E-state index in [1.54, 1.807) is 30.3 Å². The average Bonchev–Trinajstić information content (AvgIpc) is 2.73. The first kappa shape index (κ1) is 19.6. The van der Waals surface area contributed by atoms with E-state index in [2.05, 4.69) is 11.9 Å². The van der Waals surface area contributed by atoms with Crippen molar-refractivity contribution in [1.29, 1.82) is 0 Å². The summed E-state index contributed by atoms with van der Waals surface area (Å²) in [5, 5.41) is 0.912. The number of hydrogen-bond acceptors (Lipinski definition) is 4. The number of para-hydroxylation sites is 1. The zero-order chi connectivity index (χ0) is 20.4. The van der Waals surface area contributed by atoms with E-state index < -0.39 is 0 Å². The number of halogens is 1. The molecule has 1 aromatic heterocycles. The Hall–Kier alpha value is -2.67. The van der Waals surface area contributed by atoms with Gasteiger partial charge in [0, 0.05) is 12.6 Å². The summed E-state index contributed by atoms with van der Waals surface area (Å²) in [7, 11) is 0. The number of carbonyl (C=O) groups is 1. The molecule has 1 fully saturated rings. The van der Waals surface area contributed by atoms with Gasteiger partial charge in [-0.2, -0.15) is 0 Å². The SMILES string of the molecule is CC1CCCCN1C(=O)CSc1nc2ccccc2c(=O)n1-c1ccc(F)cc1. The summed E-state index contributed by atoms with van der Waals surface area (Å²) in [4.78, 5) is 32.5. The van der Waals surface area contributed by atoms with Crippen molar-refractivity contribution in [3.05, 3.63) is 64.7 Å². The first-order valence-corrected chi connectivity index (χ1v) is 10.7. The molecule has 4 rings (SSSR count). The Balaban J connectivity index is 1.70. The van der Waals surface area contributed by atoms with E-state index in [-0.39, 0.29) is 29.1 Å². The van der Waals surface area contributed by atoms with E-state index in [4.69, 9.17) is 0 Å². The molecule has 0 N–H and O–H groups in total. The summed E-state index contributed by atoms with van der Waals surface area (Å²) in [5.74, 6) is -0.120. The van der Waals surface area contributed by atoms with E-state index in [1.807, 2.05) is 11.0 Å². The van der Waals surface area contributed by atoms with Crippen molar-refractivity contribution in [2.75, 3.05) is 12.3 Å². The molecule has 2 heterocycles. The third kappa shape index (κ3) is 4.05. The van der Waals surface area contributed by atoms with Crippen molar-refractivity contribution < 1.29 is 9.18 Å². The van der Waals surface area contributed by atoms with E-state index in [0.29, 0.717) is 21.7 Å². The Morgan fingerprint density at radius 1 is 1.17 bits per heavy atom. The van der Waals surface area contributed by atoms with Crippen molar-refractivity contribution in [2.24, 2.45) is 0 Å². The highest BCUT2D eigenvalue weighted by Crippen LogP contribution is 2.24. The predicted octanol–water partition coefficient (Wildman–Crippen LogP) is 4.02. The molecule has 1 unspecified atom stereocenters. The quantitative estimate of drug-likeness (QED) is 0.481. The van der Waals surface area contributed by atoms with Crippen LogP contribution in [0.4, 0.5) is 4.39 Å². The molecule has 29 heavy (non-hydrogen) atoms. The van der Waals surface area contributed by atoms with Crippen LogP contribution in [0.15, 0.2) is 58.5 Å². The molecule has 150 valence electrons. The molecule has 7 heteroatoms. The van der Waals surface area contributed by atoms with Gasteiger partial charge in [-0.3, -0.25) is 14.2 Å². The zero-order valence-corrected chi connectivity index (χ0v) is 17.0. The van der Waals surface area contributed by atoms with Crippen LogP contribution in [0.1, 0.15) is 26.2 Å². The molecular weight excluding hydrogens is 389 g/mol. The number of fused-ring (bicyclic) bond motifs is 1. The maximum absolute atomic E-state index is 13.4. The number of nitrogens with zero attached hydrogens (tertiary/aromatic N) is 3. The molecule has 2 aromatic carbocycles. The van der Waals surface area contributed by atoms with Crippen LogP contribution in [0.25, 0.3) is 16.6 Å². The summed E-state index contributed by atoms with van der Waals surface area (Å²) in [5.41, 5.74) is 0.872. The fraction of sp³-hybridized carbons (Fsp3) is 0.318. The highest BCUT2D eigenvalue weighted by molar-refractivity contribution is 7.99. The molecule has 0 bridgehead atoms. The Kier molecular flexibility index (Phi) is 5.67. The number of piperidine rings is 1. The molecular formula is C22H22FN3O2S. The average molecular weight is 412 g/mol. The number of benzene rings is 2. The molecule has 0 aliphatic carbocycles. The summed E-state index contributed by atoms with van der Waals surface area (Å²) in [6.07, 6.45) is 3.19. The van der Waals surface area contributed by atoms with Gasteiger partial charge >= 0.3 is 0 Å². The minimum atomic E-state index is -0.376. The normalized spacial score (nSPS) is 16.9. The molecule has 1 saturated heterocycles. The molecule has 3 aromatic rings. The Morgan fingerprint density at radius 3 is 2.69 bits per heavy atom. The highest BCUT2D eigenvalue weighted by atomic mass is 32.2. The maximum Gasteiger partial charge on any atom is 0.266 e. The monoisotopic (exact) mass is 411 g/mol. The topological polar surface area (TPSA) is 55.2 Å². The van der Waals surface area contributed by atoms with Crippen LogP contribution in [0, 0.1) is 5.82 Å². The van der Waals surface area contributed by atoms with Crippen molar-refractivity contribution in [2.45, 2.75) is 37.4 Å². The van der Waals surface area contributed by atoms with Gasteiger partial charge in [0.05, 0.1) is 22.3 Å². The van der Waals surface area contributed by atoms with Gasteiger partial charge in [0.2, 0.25) is 5.91 Å². The lowest BCUT2D eigenvalue weighted by Crippen LogP contribution is -2.43. The second-order valence-corrected chi connectivity index (χ2v) is 8.19. The number of rotatable bonds is 4. The van der Waals surface area contributed by atoms with Crippen LogP contribution < -0.4 is 5.56 Å². The van der Waals surface area contributed by atoms with E-state index in [1.165, 1.54) is 28.5 Å². The first-order chi connectivity index (χ1) is 14.0. The van der Waals surface area contributed by atoms with Gasteiger partial charge < -0.3 is 4.90 Å². The summed E-state index contributed by atoms with van der Waals surface area (Å²) < 4.78 is 14.9. The second kappa shape index (κ2) is 8.37. The van der Waals surface area contributed by atoms with Crippen molar-refractivity contribution >= 4 is 28.6 Å². The van der Waals surface area contributed by atoms with Crippen LogP contribution in [-0.2, 0) is 4.79 Å². The van der Waals surface area contributed by atoms with Gasteiger partial charge in [-0.25, -0.2) is 9.37 Å². The lowest BCUT2D eigenvalue weighted by molar-refractivity contribution is -0.131. The van der Waals surface area contributed by atoms with Crippen molar-refractivity contribution in [3.8, 4) is 5.69 Å². The van der Waals surface area contributed by atoms with Gasteiger partial charge in [0.1, 0.15) is 5.82 Å². The predicted molar refractivity (Wildman–Crippen MR) is 113 cm³/mol. The van der Waals surface area contributed by atoms with Crippen LogP contribution in [0.5, 0.6) is 0 Å². The molecule has 1 amide bonds. The number of likely N-dealkylation sites (tertiary alicyclic amines) is 1. The van der Waals surface area contributed by atoms with E-state index in [9.17, 15) is 14.0 Å². The van der Waals surface area contributed by atoms with E-state index >= 15 is 0 Å². The maximum atomic E-state index is 13.4. The molecule has 1 atom stereocenters. The molecule has 0 spiro atoms. The van der Waals surface area contributed by atoms with Crippen LogP contribution >= 0.6 is 11.8 Å². The zero-order valence-electron chi connectivity index (χ0n) is 16.2. The minimum absolute atomic E-state index is 0.0512. The van der Waals surface area contributed by atoms with Crippen LogP contribution in [0.3, 0.4) is 0 Å². The minimum Gasteiger partial charge on any atom is -0.339 e. The van der Waals surface area contributed by atoms with Gasteiger partial charge in [-0.05, 0) is 62.6 Å².